The third kappa shape index (κ3) is 4.95. The normalized spacial score (nSPS) is 11.2. The summed E-state index contributed by atoms with van der Waals surface area (Å²) in [6, 6.07) is 0. The first-order chi connectivity index (χ1) is 15.1. The Kier molecular flexibility index (Phi) is 7.22. The summed E-state index contributed by atoms with van der Waals surface area (Å²) >= 11 is 2.50. The zero-order valence-corrected chi connectivity index (χ0v) is 20.3. The van der Waals surface area contributed by atoms with Gasteiger partial charge in [-0.1, -0.05) is 24.0 Å². The molecule has 3 rings (SSSR count). The average Bonchev–Trinajstić information content (AvgIpc) is 3.21. The lowest BCUT2D eigenvalue weighted by Crippen LogP contribution is -2.32. The Bertz CT molecular complexity index is 1260. The van der Waals surface area contributed by atoms with Crippen LogP contribution in [0, 0.1) is 20.8 Å². The third-order valence-corrected chi connectivity index (χ3v) is 6.84. The fourth-order valence-corrected chi connectivity index (χ4v) is 4.99. The molecule has 0 aromatic carbocycles. The first kappa shape index (κ1) is 23.8. The minimum atomic E-state index is -0.525. The lowest BCUT2D eigenvalue weighted by atomic mass is 10.2. The molecule has 0 saturated carbocycles. The zero-order valence-electron chi connectivity index (χ0n) is 18.6. The van der Waals surface area contributed by atoms with Crippen LogP contribution >= 0.6 is 22.7 Å². The maximum Gasteiger partial charge on any atom is 0.350 e. The van der Waals surface area contributed by atoms with Crippen LogP contribution in [0.1, 0.15) is 31.6 Å². The van der Waals surface area contributed by atoms with Crippen LogP contribution < -0.4 is 10.9 Å². The highest BCUT2D eigenvalue weighted by molar-refractivity contribution is 7.18. The van der Waals surface area contributed by atoms with Crippen molar-refractivity contribution < 1.29 is 14.3 Å². The van der Waals surface area contributed by atoms with Gasteiger partial charge in [0.2, 0.25) is 5.91 Å². The summed E-state index contributed by atoms with van der Waals surface area (Å²) in [5.74, 6) is -0.451. The summed E-state index contributed by atoms with van der Waals surface area (Å²) in [5, 5.41) is 3.48. The van der Waals surface area contributed by atoms with Crippen LogP contribution in [0.3, 0.4) is 0 Å². The number of nitrogens with one attached hydrogen (secondary N) is 1. The molecule has 0 aliphatic heterocycles. The number of aromatic nitrogens is 3. The number of rotatable bonds is 8. The second kappa shape index (κ2) is 9.72. The fourth-order valence-electron chi connectivity index (χ4n) is 3.08. The molecule has 32 heavy (non-hydrogen) atoms. The average molecular weight is 476 g/mol. The van der Waals surface area contributed by atoms with Gasteiger partial charge in [0.15, 0.2) is 5.13 Å². The minimum absolute atomic E-state index is 0.0897. The smallest absolute Gasteiger partial charge is 0.350 e. The Morgan fingerprint density at radius 3 is 2.59 bits per heavy atom. The molecule has 0 bridgehead atoms. The number of carbonyl (C=O) groups excluding carboxylic acids is 2. The van der Waals surface area contributed by atoms with Gasteiger partial charge < -0.3 is 15.0 Å². The van der Waals surface area contributed by atoms with Crippen LogP contribution in [-0.4, -0.2) is 52.0 Å². The maximum atomic E-state index is 13.2. The van der Waals surface area contributed by atoms with Crippen molar-refractivity contribution in [1.29, 1.82) is 0 Å². The predicted molar refractivity (Wildman–Crippen MR) is 127 cm³/mol. The van der Waals surface area contributed by atoms with Gasteiger partial charge in [-0.05, 0) is 40.4 Å². The van der Waals surface area contributed by atoms with Gasteiger partial charge >= 0.3 is 5.97 Å². The first-order valence-electron chi connectivity index (χ1n) is 9.81. The zero-order chi connectivity index (χ0) is 23.6. The number of fused-ring (bicyclic) bond motifs is 1. The molecule has 0 aliphatic carbocycles. The highest BCUT2D eigenvalue weighted by atomic mass is 32.1. The summed E-state index contributed by atoms with van der Waals surface area (Å²) < 4.78 is 6.44. The van der Waals surface area contributed by atoms with E-state index in [0.717, 1.165) is 21.8 Å². The van der Waals surface area contributed by atoms with E-state index in [1.807, 2.05) is 32.8 Å². The van der Waals surface area contributed by atoms with Crippen molar-refractivity contribution >= 4 is 49.9 Å². The van der Waals surface area contributed by atoms with E-state index in [1.54, 1.807) is 6.92 Å². The van der Waals surface area contributed by atoms with E-state index in [1.165, 1.54) is 22.0 Å². The van der Waals surface area contributed by atoms with Gasteiger partial charge in [-0.3, -0.25) is 14.2 Å². The lowest BCUT2D eigenvalue weighted by molar-refractivity contribution is -0.116. The van der Waals surface area contributed by atoms with E-state index >= 15 is 0 Å². The summed E-state index contributed by atoms with van der Waals surface area (Å²) in [6.45, 7) is 9.29. The molecule has 3 aromatic rings. The molecule has 0 radical (unpaired) electrons. The van der Waals surface area contributed by atoms with Gasteiger partial charge in [-0.2, -0.15) is 0 Å². The van der Waals surface area contributed by atoms with E-state index in [0.29, 0.717) is 33.2 Å². The SMILES string of the molecule is C=CCOC(=O)c1sc(NC(=O)Cn2c(CN(C)C)nc3sc(C)c(C)c3c2=O)nc1C. The summed E-state index contributed by atoms with van der Waals surface area (Å²) in [4.78, 5) is 50.9. The van der Waals surface area contributed by atoms with Crippen LogP contribution in [0.2, 0.25) is 0 Å². The topological polar surface area (TPSA) is 106 Å². The fraction of sp³-hybridized carbons (Fsp3) is 0.381. The molecule has 1 N–H and O–H groups in total. The van der Waals surface area contributed by atoms with Crippen molar-refractivity contribution in [3.05, 3.63) is 49.8 Å². The molecule has 0 spiro atoms. The molecule has 9 nitrogen and oxygen atoms in total. The van der Waals surface area contributed by atoms with Gasteiger partial charge in [0.25, 0.3) is 5.56 Å². The second-order valence-electron chi connectivity index (χ2n) is 7.49. The Hall–Kier alpha value is -2.89. The predicted octanol–water partition coefficient (Wildman–Crippen LogP) is 2.88. The standard InChI is InChI=1S/C21H25N5O4S2/c1-7-8-30-20(29)17-12(3)22-21(32-17)24-15(27)10-26-14(9-25(5)6)23-18-16(19(26)28)11(2)13(4)31-18/h7H,1,8-10H2,2-6H3,(H,22,24,27). The Morgan fingerprint density at radius 2 is 1.94 bits per heavy atom. The molecule has 3 aromatic heterocycles. The third-order valence-electron chi connectivity index (χ3n) is 4.69. The Balaban J connectivity index is 1.89. The number of thiazole rings is 1. The number of ether oxygens (including phenoxy) is 1. The molecule has 0 fully saturated rings. The van der Waals surface area contributed by atoms with E-state index in [9.17, 15) is 14.4 Å². The molecule has 3 heterocycles. The van der Waals surface area contributed by atoms with E-state index in [4.69, 9.17) is 4.74 Å². The molecule has 0 unspecified atom stereocenters. The number of hydrogen-bond acceptors (Lipinski definition) is 9. The number of thiophene rings is 1. The van der Waals surface area contributed by atoms with Crippen LogP contribution in [0.5, 0.6) is 0 Å². The number of anilines is 1. The van der Waals surface area contributed by atoms with Gasteiger partial charge in [-0.15, -0.1) is 11.3 Å². The summed E-state index contributed by atoms with van der Waals surface area (Å²) in [7, 11) is 3.74. The minimum Gasteiger partial charge on any atom is -0.457 e. The van der Waals surface area contributed by atoms with Crippen molar-refractivity contribution in [1.82, 2.24) is 19.4 Å². The van der Waals surface area contributed by atoms with Gasteiger partial charge in [0.1, 0.15) is 28.7 Å². The van der Waals surface area contributed by atoms with Crippen LogP contribution in [-0.2, 0) is 22.6 Å². The van der Waals surface area contributed by atoms with Crippen molar-refractivity contribution in [2.75, 3.05) is 26.0 Å². The van der Waals surface area contributed by atoms with Crippen molar-refractivity contribution in [2.24, 2.45) is 0 Å². The maximum absolute atomic E-state index is 13.2. The molecular weight excluding hydrogens is 450 g/mol. The monoisotopic (exact) mass is 475 g/mol. The van der Waals surface area contributed by atoms with Gasteiger partial charge in [-0.25, -0.2) is 14.8 Å². The summed E-state index contributed by atoms with van der Waals surface area (Å²) in [6.07, 6.45) is 1.47. The molecule has 1 amide bonds. The Morgan fingerprint density at radius 1 is 1.22 bits per heavy atom. The van der Waals surface area contributed by atoms with Crippen LogP contribution in [0.15, 0.2) is 17.4 Å². The Labute approximate surface area is 193 Å². The summed E-state index contributed by atoms with van der Waals surface area (Å²) in [5.41, 5.74) is 1.09. The second-order valence-corrected chi connectivity index (χ2v) is 9.69. The molecule has 170 valence electrons. The highest BCUT2D eigenvalue weighted by Gasteiger charge is 2.21. The molecule has 0 aliphatic rings. The number of carbonyl (C=O) groups is 2. The number of aryl methyl sites for hydroxylation is 3. The van der Waals surface area contributed by atoms with Crippen LogP contribution in [0.25, 0.3) is 10.2 Å². The number of amides is 1. The number of esters is 1. The van der Waals surface area contributed by atoms with E-state index in [-0.39, 0.29) is 23.8 Å². The molecule has 0 atom stereocenters. The van der Waals surface area contributed by atoms with Crippen molar-refractivity contribution in [3.63, 3.8) is 0 Å². The van der Waals surface area contributed by atoms with Crippen LogP contribution in [0.4, 0.5) is 5.13 Å². The number of hydrogen-bond donors (Lipinski definition) is 1. The number of nitrogens with zero attached hydrogens (tertiary/aromatic N) is 4. The van der Waals surface area contributed by atoms with Crippen molar-refractivity contribution in [3.8, 4) is 0 Å². The molecular formula is C21H25N5O4S2. The van der Waals surface area contributed by atoms with Crippen molar-refractivity contribution in [2.45, 2.75) is 33.9 Å². The van der Waals surface area contributed by atoms with E-state index in [2.05, 4.69) is 21.9 Å². The molecule has 11 heteroatoms. The quantitative estimate of drug-likeness (QED) is 0.394. The largest absolute Gasteiger partial charge is 0.457 e. The molecule has 0 saturated heterocycles. The van der Waals surface area contributed by atoms with E-state index < -0.39 is 11.9 Å². The van der Waals surface area contributed by atoms with Gasteiger partial charge in [0.05, 0.1) is 17.6 Å². The lowest BCUT2D eigenvalue weighted by Gasteiger charge is -2.15. The van der Waals surface area contributed by atoms with Gasteiger partial charge in [0, 0.05) is 4.88 Å². The first-order valence-corrected chi connectivity index (χ1v) is 11.4. The highest BCUT2D eigenvalue weighted by Crippen LogP contribution is 2.27.